The maximum absolute atomic E-state index is 12.4. The molecule has 0 amide bonds. The number of halogens is 1. The Bertz CT molecular complexity index is 494. The van der Waals surface area contributed by atoms with Gasteiger partial charge in [-0.1, -0.05) is 6.92 Å². The molecule has 1 aliphatic rings. The second-order valence-electron chi connectivity index (χ2n) is 4.66. The fourth-order valence-corrected chi connectivity index (χ4v) is 5.12. The van der Waals surface area contributed by atoms with Gasteiger partial charge in [-0.3, -0.25) is 0 Å². The molecule has 0 aromatic carbocycles. The van der Waals surface area contributed by atoms with Crippen molar-refractivity contribution in [3.63, 3.8) is 0 Å². The number of rotatable bonds is 4. The van der Waals surface area contributed by atoms with Crippen LogP contribution in [0.5, 0.6) is 0 Å². The van der Waals surface area contributed by atoms with Gasteiger partial charge in [0.05, 0.1) is 0 Å². The average Bonchev–Trinajstić information content (AvgIpc) is 2.88. The number of hydrogen-bond donors (Lipinski definition) is 1. The fourth-order valence-electron chi connectivity index (χ4n) is 2.20. The molecule has 1 aromatic heterocycles. The topological polar surface area (TPSA) is 63.4 Å². The highest BCUT2D eigenvalue weighted by Crippen LogP contribution is 2.28. The van der Waals surface area contributed by atoms with Crippen LogP contribution in [0.2, 0.25) is 0 Å². The molecule has 110 valence electrons. The first-order valence-electron chi connectivity index (χ1n) is 6.37. The van der Waals surface area contributed by atoms with E-state index in [2.05, 4.69) is 0 Å². The monoisotopic (exact) mass is 324 g/mol. The molecule has 0 saturated carbocycles. The van der Waals surface area contributed by atoms with Gasteiger partial charge in [0.2, 0.25) is 0 Å². The van der Waals surface area contributed by atoms with Gasteiger partial charge >= 0.3 is 0 Å². The molecule has 0 bridgehead atoms. The van der Waals surface area contributed by atoms with Crippen LogP contribution in [0.25, 0.3) is 0 Å². The van der Waals surface area contributed by atoms with Crippen LogP contribution in [0.1, 0.15) is 24.6 Å². The van der Waals surface area contributed by atoms with E-state index in [1.165, 1.54) is 11.3 Å². The third-order valence-corrected chi connectivity index (χ3v) is 7.08. The van der Waals surface area contributed by atoms with Crippen LogP contribution in [0.3, 0.4) is 0 Å². The lowest BCUT2D eigenvalue weighted by molar-refractivity contribution is 0.279. The maximum Gasteiger partial charge on any atom is 0.252 e. The second kappa shape index (κ2) is 7.04. The summed E-state index contributed by atoms with van der Waals surface area (Å²) in [6.07, 6.45) is 2.64. The van der Waals surface area contributed by atoms with E-state index in [1.54, 1.807) is 10.4 Å². The SMILES string of the molecule is CCc1ccc(S(=O)(=O)N2CCC(CN)CC2)s1.Cl. The Labute approximate surface area is 125 Å². The Morgan fingerprint density at radius 3 is 2.47 bits per heavy atom. The molecule has 1 fully saturated rings. The Morgan fingerprint density at radius 2 is 2.00 bits per heavy atom. The van der Waals surface area contributed by atoms with Crippen molar-refractivity contribution >= 4 is 33.8 Å². The van der Waals surface area contributed by atoms with Gasteiger partial charge in [-0.25, -0.2) is 8.42 Å². The van der Waals surface area contributed by atoms with Crippen LogP contribution >= 0.6 is 23.7 Å². The third kappa shape index (κ3) is 3.70. The molecule has 2 rings (SSSR count). The Kier molecular flexibility index (Phi) is 6.26. The van der Waals surface area contributed by atoms with Gasteiger partial charge < -0.3 is 5.73 Å². The summed E-state index contributed by atoms with van der Waals surface area (Å²) >= 11 is 1.39. The normalized spacial score (nSPS) is 18.2. The van der Waals surface area contributed by atoms with Crippen molar-refractivity contribution in [2.45, 2.75) is 30.4 Å². The van der Waals surface area contributed by atoms with E-state index in [0.29, 0.717) is 29.8 Å². The van der Waals surface area contributed by atoms with Crippen LogP contribution in [-0.2, 0) is 16.4 Å². The highest BCUT2D eigenvalue weighted by atomic mass is 35.5. The maximum atomic E-state index is 12.4. The van der Waals surface area contributed by atoms with E-state index in [4.69, 9.17) is 5.73 Å². The summed E-state index contributed by atoms with van der Waals surface area (Å²) in [5.74, 6) is 0.478. The second-order valence-corrected chi connectivity index (χ2v) is 7.99. The number of nitrogens with zero attached hydrogens (tertiary/aromatic N) is 1. The Hall–Kier alpha value is -0.140. The van der Waals surface area contributed by atoms with Crippen molar-refractivity contribution in [2.24, 2.45) is 11.7 Å². The minimum absolute atomic E-state index is 0. The van der Waals surface area contributed by atoms with E-state index in [9.17, 15) is 8.42 Å². The largest absolute Gasteiger partial charge is 0.330 e. The van der Waals surface area contributed by atoms with Crippen molar-refractivity contribution in [2.75, 3.05) is 19.6 Å². The van der Waals surface area contributed by atoms with Gasteiger partial charge in [-0.2, -0.15) is 4.31 Å². The molecule has 2 N–H and O–H groups in total. The standard InChI is InChI=1S/C12H20N2O2S2.ClH/c1-2-11-3-4-12(17-11)18(15,16)14-7-5-10(9-13)6-8-14;/h3-4,10H,2,5-9,13H2,1H3;1H. The first-order valence-corrected chi connectivity index (χ1v) is 8.62. The van der Waals surface area contributed by atoms with Crippen LogP contribution in [-0.4, -0.2) is 32.4 Å². The Morgan fingerprint density at radius 1 is 1.37 bits per heavy atom. The number of piperidine rings is 1. The summed E-state index contributed by atoms with van der Waals surface area (Å²) in [4.78, 5) is 1.12. The van der Waals surface area contributed by atoms with Crippen molar-refractivity contribution in [1.82, 2.24) is 4.31 Å². The molecule has 0 spiro atoms. The van der Waals surface area contributed by atoms with E-state index in [0.717, 1.165) is 24.1 Å². The Balaban J connectivity index is 0.00000180. The lowest BCUT2D eigenvalue weighted by Crippen LogP contribution is -2.39. The number of sulfonamides is 1. The molecule has 1 aromatic rings. The number of thiophene rings is 1. The van der Waals surface area contributed by atoms with E-state index < -0.39 is 10.0 Å². The quantitative estimate of drug-likeness (QED) is 0.922. The van der Waals surface area contributed by atoms with Gasteiger partial charge in [-0.15, -0.1) is 23.7 Å². The number of aryl methyl sites for hydroxylation is 1. The zero-order valence-electron chi connectivity index (χ0n) is 11.0. The first-order chi connectivity index (χ1) is 8.57. The minimum atomic E-state index is -3.27. The summed E-state index contributed by atoms with van der Waals surface area (Å²) in [5.41, 5.74) is 5.62. The molecular formula is C12H21ClN2O2S2. The van der Waals surface area contributed by atoms with E-state index >= 15 is 0 Å². The van der Waals surface area contributed by atoms with Crippen LogP contribution in [0.15, 0.2) is 16.3 Å². The highest BCUT2D eigenvalue weighted by Gasteiger charge is 2.29. The smallest absolute Gasteiger partial charge is 0.252 e. The number of nitrogens with two attached hydrogens (primary N) is 1. The molecule has 7 heteroatoms. The molecule has 2 heterocycles. The molecule has 4 nitrogen and oxygen atoms in total. The zero-order valence-corrected chi connectivity index (χ0v) is 13.5. The summed E-state index contributed by atoms with van der Waals surface area (Å²) in [6.45, 7) is 3.90. The van der Waals surface area contributed by atoms with E-state index in [-0.39, 0.29) is 12.4 Å². The fraction of sp³-hybridized carbons (Fsp3) is 0.667. The van der Waals surface area contributed by atoms with E-state index in [1.807, 2.05) is 13.0 Å². The highest BCUT2D eigenvalue weighted by molar-refractivity contribution is 7.91. The van der Waals surface area contributed by atoms with Gasteiger partial charge in [0, 0.05) is 18.0 Å². The van der Waals surface area contributed by atoms with Gasteiger partial charge in [0.15, 0.2) is 0 Å². The minimum Gasteiger partial charge on any atom is -0.330 e. The number of hydrogen-bond acceptors (Lipinski definition) is 4. The molecular weight excluding hydrogens is 304 g/mol. The predicted molar refractivity (Wildman–Crippen MR) is 81.5 cm³/mol. The zero-order chi connectivity index (χ0) is 13.2. The summed E-state index contributed by atoms with van der Waals surface area (Å²) in [6, 6.07) is 3.64. The predicted octanol–water partition coefficient (Wildman–Crippen LogP) is 2.09. The lowest BCUT2D eigenvalue weighted by atomic mass is 9.99. The summed E-state index contributed by atoms with van der Waals surface area (Å²) < 4.78 is 26.9. The molecule has 1 saturated heterocycles. The van der Waals surface area contributed by atoms with Crippen molar-refractivity contribution in [3.05, 3.63) is 17.0 Å². The summed E-state index contributed by atoms with van der Waals surface area (Å²) in [7, 11) is -3.27. The summed E-state index contributed by atoms with van der Waals surface area (Å²) in [5, 5.41) is 0. The molecule has 1 aliphatic heterocycles. The van der Waals surface area contributed by atoms with Gasteiger partial charge in [-0.05, 0) is 43.9 Å². The molecule has 0 aliphatic carbocycles. The van der Waals surface area contributed by atoms with Crippen molar-refractivity contribution < 1.29 is 8.42 Å². The molecule has 0 unspecified atom stereocenters. The van der Waals surface area contributed by atoms with Crippen LogP contribution in [0.4, 0.5) is 0 Å². The molecule has 0 atom stereocenters. The molecule has 0 radical (unpaired) electrons. The van der Waals surface area contributed by atoms with Gasteiger partial charge in [0.1, 0.15) is 4.21 Å². The third-order valence-electron chi connectivity index (χ3n) is 3.49. The van der Waals surface area contributed by atoms with Crippen molar-refractivity contribution in [1.29, 1.82) is 0 Å². The van der Waals surface area contributed by atoms with Crippen LogP contribution in [0, 0.1) is 5.92 Å². The molecule has 19 heavy (non-hydrogen) atoms. The van der Waals surface area contributed by atoms with Gasteiger partial charge in [0.25, 0.3) is 10.0 Å². The van der Waals surface area contributed by atoms with Crippen LogP contribution < -0.4 is 5.73 Å². The first kappa shape index (κ1) is 16.9. The lowest BCUT2D eigenvalue weighted by Gasteiger charge is -2.30. The average molecular weight is 325 g/mol. The van der Waals surface area contributed by atoms with Crippen molar-refractivity contribution in [3.8, 4) is 0 Å².